The number of anilines is 2. The van der Waals surface area contributed by atoms with Crippen LogP contribution in [0.4, 0.5) is 11.8 Å². The molecule has 1 fully saturated rings. The maximum Gasteiger partial charge on any atom is 0.243 e. The maximum absolute atomic E-state index is 5.44. The number of fused-ring (bicyclic) bond motifs is 1. The average molecular weight is 353 g/mol. The number of aromatic nitrogens is 5. The van der Waals surface area contributed by atoms with Crippen molar-refractivity contribution < 1.29 is 4.74 Å². The molecule has 4 rings (SSSR count). The van der Waals surface area contributed by atoms with Crippen LogP contribution >= 0.6 is 0 Å². The highest BCUT2D eigenvalue weighted by atomic mass is 16.5. The summed E-state index contributed by atoms with van der Waals surface area (Å²) in [5, 5.41) is 11.4. The lowest BCUT2D eigenvalue weighted by Crippen LogP contribution is -2.22. The molecular formula is C18H23N7O. The van der Waals surface area contributed by atoms with Gasteiger partial charge in [0.15, 0.2) is 11.5 Å². The van der Waals surface area contributed by atoms with Gasteiger partial charge in [-0.2, -0.15) is 4.98 Å². The molecule has 1 aliphatic rings. The number of hydrogen-bond acceptors (Lipinski definition) is 7. The Morgan fingerprint density at radius 2 is 2.23 bits per heavy atom. The molecular weight excluding hydrogens is 330 g/mol. The molecule has 136 valence electrons. The summed E-state index contributed by atoms with van der Waals surface area (Å²) >= 11 is 0. The van der Waals surface area contributed by atoms with E-state index in [1.54, 1.807) is 6.20 Å². The second kappa shape index (κ2) is 7.25. The number of ether oxygens (including phenoxy) is 1. The van der Waals surface area contributed by atoms with Crippen LogP contribution in [-0.2, 0) is 11.3 Å². The average Bonchev–Trinajstić information content (AvgIpc) is 3.30. The molecule has 1 atom stereocenters. The summed E-state index contributed by atoms with van der Waals surface area (Å²) in [7, 11) is 0. The van der Waals surface area contributed by atoms with Crippen LogP contribution in [0.25, 0.3) is 5.65 Å². The lowest BCUT2D eigenvalue weighted by Gasteiger charge is -2.14. The molecule has 2 N–H and O–H groups in total. The minimum absolute atomic E-state index is 0.238. The van der Waals surface area contributed by atoms with E-state index in [1.807, 2.05) is 28.9 Å². The van der Waals surface area contributed by atoms with E-state index >= 15 is 0 Å². The van der Waals surface area contributed by atoms with E-state index in [-0.39, 0.29) is 6.04 Å². The summed E-state index contributed by atoms with van der Waals surface area (Å²) < 4.78 is 7.31. The first kappa shape index (κ1) is 16.7. The van der Waals surface area contributed by atoms with E-state index in [1.165, 1.54) is 0 Å². The minimum Gasteiger partial charge on any atom is -0.379 e. The van der Waals surface area contributed by atoms with Crippen molar-refractivity contribution in [3.8, 4) is 0 Å². The molecule has 1 aliphatic heterocycles. The molecule has 0 spiro atoms. The Bertz CT molecular complexity index is 872. The summed E-state index contributed by atoms with van der Waals surface area (Å²) in [6.07, 6.45) is 4.61. The van der Waals surface area contributed by atoms with Crippen molar-refractivity contribution in [1.82, 2.24) is 24.6 Å². The number of rotatable bonds is 6. The van der Waals surface area contributed by atoms with Crippen molar-refractivity contribution in [3.05, 3.63) is 42.0 Å². The Kier molecular flexibility index (Phi) is 4.66. The number of hydrogen-bond donors (Lipinski definition) is 2. The molecule has 1 saturated heterocycles. The molecule has 0 radical (unpaired) electrons. The smallest absolute Gasteiger partial charge is 0.243 e. The first-order chi connectivity index (χ1) is 12.7. The van der Waals surface area contributed by atoms with Gasteiger partial charge in [-0.15, -0.1) is 5.10 Å². The van der Waals surface area contributed by atoms with Crippen LogP contribution in [0, 0.1) is 0 Å². The molecule has 8 heteroatoms. The molecule has 0 amide bonds. The lowest BCUT2D eigenvalue weighted by atomic mass is 10.2. The quantitative estimate of drug-likeness (QED) is 0.703. The number of nitrogens with zero attached hydrogens (tertiary/aromatic N) is 5. The van der Waals surface area contributed by atoms with Crippen LogP contribution < -0.4 is 10.6 Å². The van der Waals surface area contributed by atoms with Gasteiger partial charge in [-0.05, 0) is 24.5 Å². The first-order valence-electron chi connectivity index (χ1n) is 8.94. The highest BCUT2D eigenvalue weighted by Crippen LogP contribution is 2.22. The van der Waals surface area contributed by atoms with Gasteiger partial charge in [0, 0.05) is 12.8 Å². The molecule has 0 aliphatic carbocycles. The van der Waals surface area contributed by atoms with Gasteiger partial charge in [-0.1, -0.05) is 19.9 Å². The fraction of sp³-hybridized carbons (Fsp3) is 0.444. The van der Waals surface area contributed by atoms with E-state index < -0.39 is 0 Å². The molecule has 0 unspecified atom stereocenters. The van der Waals surface area contributed by atoms with Crippen molar-refractivity contribution in [2.75, 3.05) is 23.8 Å². The van der Waals surface area contributed by atoms with Crippen molar-refractivity contribution in [3.63, 3.8) is 0 Å². The summed E-state index contributed by atoms with van der Waals surface area (Å²) in [5.41, 5.74) is 2.71. The summed E-state index contributed by atoms with van der Waals surface area (Å²) in [6, 6.07) is 6.09. The van der Waals surface area contributed by atoms with Gasteiger partial charge in [0.2, 0.25) is 5.95 Å². The van der Waals surface area contributed by atoms with Gasteiger partial charge in [-0.25, -0.2) is 9.50 Å². The molecule has 4 heterocycles. The monoisotopic (exact) mass is 353 g/mol. The van der Waals surface area contributed by atoms with E-state index in [0.29, 0.717) is 30.8 Å². The van der Waals surface area contributed by atoms with E-state index in [4.69, 9.17) is 4.74 Å². The third-order valence-electron chi connectivity index (χ3n) is 4.41. The zero-order valence-corrected chi connectivity index (χ0v) is 15.0. The maximum atomic E-state index is 5.44. The topological polar surface area (TPSA) is 89.3 Å². The third-order valence-corrected chi connectivity index (χ3v) is 4.41. The molecule has 8 nitrogen and oxygen atoms in total. The zero-order chi connectivity index (χ0) is 17.9. The van der Waals surface area contributed by atoms with Crippen LogP contribution in [-0.4, -0.2) is 43.8 Å². The Balaban J connectivity index is 1.66. The Morgan fingerprint density at radius 1 is 1.31 bits per heavy atom. The highest BCUT2D eigenvalue weighted by Gasteiger charge is 2.19. The van der Waals surface area contributed by atoms with Gasteiger partial charge < -0.3 is 15.4 Å². The van der Waals surface area contributed by atoms with E-state index in [2.05, 4.69) is 44.5 Å². The molecule has 26 heavy (non-hydrogen) atoms. The SMILES string of the molecule is CC(C)c1cnc2c(NCc3ccccn3)nc(N[C@@H]3CCOC3)nn12. The van der Waals surface area contributed by atoms with Crippen molar-refractivity contribution in [2.24, 2.45) is 0 Å². The Morgan fingerprint density at radius 3 is 2.96 bits per heavy atom. The molecule has 0 saturated carbocycles. The standard InChI is InChI=1S/C18H23N7O/c1-12(2)15-10-21-17-16(20-9-13-5-3-4-7-19-13)23-18(24-25(15)17)22-14-6-8-26-11-14/h3-5,7,10,12,14H,6,8-9,11H2,1-2H3,(H2,20,22,23,24)/t14-/m1/s1. The van der Waals surface area contributed by atoms with E-state index in [9.17, 15) is 0 Å². The normalized spacial score (nSPS) is 17.1. The molecule has 0 aromatic carbocycles. The van der Waals surface area contributed by atoms with Crippen molar-refractivity contribution >= 4 is 17.4 Å². The Labute approximate surface area is 152 Å². The van der Waals surface area contributed by atoms with Gasteiger partial charge in [-0.3, -0.25) is 4.98 Å². The second-order valence-corrected chi connectivity index (χ2v) is 6.74. The van der Waals surface area contributed by atoms with Crippen LogP contribution in [0.1, 0.15) is 37.6 Å². The van der Waals surface area contributed by atoms with Crippen LogP contribution in [0.15, 0.2) is 30.6 Å². The van der Waals surface area contributed by atoms with Gasteiger partial charge in [0.25, 0.3) is 0 Å². The van der Waals surface area contributed by atoms with Crippen molar-refractivity contribution in [1.29, 1.82) is 0 Å². The highest BCUT2D eigenvalue weighted by molar-refractivity contribution is 5.64. The van der Waals surface area contributed by atoms with Crippen molar-refractivity contribution in [2.45, 2.75) is 38.8 Å². The van der Waals surface area contributed by atoms with Crippen LogP contribution in [0.2, 0.25) is 0 Å². The van der Waals surface area contributed by atoms with Crippen LogP contribution in [0.5, 0.6) is 0 Å². The minimum atomic E-state index is 0.238. The van der Waals surface area contributed by atoms with Gasteiger partial charge in [0.05, 0.1) is 36.8 Å². The summed E-state index contributed by atoms with van der Waals surface area (Å²) in [4.78, 5) is 13.5. The third kappa shape index (κ3) is 3.45. The van der Waals surface area contributed by atoms with E-state index in [0.717, 1.165) is 30.1 Å². The number of imidazole rings is 1. The number of pyridine rings is 1. The fourth-order valence-electron chi connectivity index (χ4n) is 2.98. The molecule has 3 aromatic heterocycles. The first-order valence-corrected chi connectivity index (χ1v) is 8.94. The number of nitrogens with one attached hydrogen (secondary N) is 2. The molecule has 0 bridgehead atoms. The predicted octanol–water partition coefficient (Wildman–Crippen LogP) is 2.46. The predicted molar refractivity (Wildman–Crippen MR) is 99.3 cm³/mol. The second-order valence-electron chi connectivity index (χ2n) is 6.74. The Hall–Kier alpha value is -2.74. The summed E-state index contributed by atoms with van der Waals surface area (Å²) in [5.74, 6) is 1.58. The lowest BCUT2D eigenvalue weighted by molar-refractivity contribution is 0.195. The zero-order valence-electron chi connectivity index (χ0n) is 15.0. The largest absolute Gasteiger partial charge is 0.379 e. The summed E-state index contributed by atoms with van der Waals surface area (Å²) in [6.45, 7) is 6.28. The fourth-order valence-corrected chi connectivity index (χ4v) is 2.98. The van der Waals surface area contributed by atoms with Crippen LogP contribution in [0.3, 0.4) is 0 Å². The van der Waals surface area contributed by atoms with Gasteiger partial charge in [0.1, 0.15) is 0 Å². The molecule has 3 aromatic rings. The van der Waals surface area contributed by atoms with Gasteiger partial charge >= 0.3 is 0 Å².